The molecule has 0 aliphatic rings. The third-order valence-corrected chi connectivity index (χ3v) is 3.15. The normalized spacial score (nSPS) is 12.7. The number of aliphatic hydroxyl groups excluding tert-OH is 1. The number of rotatable bonds is 3. The summed E-state index contributed by atoms with van der Waals surface area (Å²) in [5.74, 6) is 0.712. The molecule has 4 heteroatoms. The second kappa shape index (κ2) is 4.91. The van der Waals surface area contributed by atoms with Gasteiger partial charge in [0.05, 0.1) is 22.4 Å². The van der Waals surface area contributed by atoms with Crippen LogP contribution in [0.4, 0.5) is 0 Å². The van der Waals surface area contributed by atoms with Crippen molar-refractivity contribution in [3.05, 3.63) is 58.0 Å². The molecule has 1 unspecified atom stereocenters. The van der Waals surface area contributed by atoms with Gasteiger partial charge >= 0.3 is 0 Å². The van der Waals surface area contributed by atoms with E-state index in [0.29, 0.717) is 27.8 Å². The van der Waals surface area contributed by atoms with Crippen molar-refractivity contribution in [2.75, 3.05) is 0 Å². The van der Waals surface area contributed by atoms with E-state index < -0.39 is 6.10 Å². The Morgan fingerprint density at radius 1 is 1.19 bits per heavy atom. The van der Waals surface area contributed by atoms with Crippen LogP contribution in [0.25, 0.3) is 0 Å². The molecule has 1 heterocycles. The molecule has 1 N–H and O–H groups in total. The molecule has 0 fully saturated rings. The van der Waals surface area contributed by atoms with Crippen molar-refractivity contribution >= 4 is 23.2 Å². The summed E-state index contributed by atoms with van der Waals surface area (Å²) in [6.07, 6.45) is 1.24. The molecular weight excluding hydrogens is 247 g/mol. The van der Waals surface area contributed by atoms with Crippen LogP contribution < -0.4 is 0 Å². The molecule has 0 aliphatic heterocycles. The Balaban J connectivity index is 2.21. The van der Waals surface area contributed by atoms with E-state index in [-0.39, 0.29) is 0 Å². The fourth-order valence-corrected chi connectivity index (χ4v) is 1.94. The molecule has 0 saturated heterocycles. The van der Waals surface area contributed by atoms with Crippen LogP contribution in [0.5, 0.6) is 0 Å². The first kappa shape index (κ1) is 11.5. The van der Waals surface area contributed by atoms with Crippen LogP contribution in [0.1, 0.15) is 17.4 Å². The van der Waals surface area contributed by atoms with Crippen LogP contribution >= 0.6 is 23.2 Å². The SMILES string of the molecule is OC(Cc1ccco1)c1cccc(Cl)c1Cl. The largest absolute Gasteiger partial charge is 0.469 e. The zero-order valence-electron chi connectivity index (χ0n) is 8.36. The topological polar surface area (TPSA) is 33.4 Å². The highest BCUT2D eigenvalue weighted by molar-refractivity contribution is 6.42. The van der Waals surface area contributed by atoms with Gasteiger partial charge in [-0.2, -0.15) is 0 Å². The Morgan fingerprint density at radius 3 is 2.69 bits per heavy atom. The molecule has 0 bridgehead atoms. The smallest absolute Gasteiger partial charge is 0.106 e. The third-order valence-electron chi connectivity index (χ3n) is 2.32. The minimum atomic E-state index is -0.711. The first-order valence-corrected chi connectivity index (χ1v) is 5.58. The summed E-state index contributed by atoms with van der Waals surface area (Å²) >= 11 is 11.9. The minimum Gasteiger partial charge on any atom is -0.469 e. The highest BCUT2D eigenvalue weighted by atomic mass is 35.5. The number of hydrogen-bond donors (Lipinski definition) is 1. The van der Waals surface area contributed by atoms with Gasteiger partial charge in [0.15, 0.2) is 0 Å². The number of aliphatic hydroxyl groups is 1. The van der Waals surface area contributed by atoms with E-state index in [4.69, 9.17) is 27.6 Å². The van der Waals surface area contributed by atoms with Crippen molar-refractivity contribution in [1.29, 1.82) is 0 Å². The first-order chi connectivity index (χ1) is 7.68. The molecule has 1 atom stereocenters. The molecule has 1 aromatic heterocycles. The average molecular weight is 257 g/mol. The summed E-state index contributed by atoms with van der Waals surface area (Å²) in [6, 6.07) is 8.78. The van der Waals surface area contributed by atoms with Crippen molar-refractivity contribution in [2.24, 2.45) is 0 Å². The summed E-state index contributed by atoms with van der Waals surface area (Å²) in [6.45, 7) is 0. The fourth-order valence-electron chi connectivity index (χ4n) is 1.51. The molecule has 0 spiro atoms. The van der Waals surface area contributed by atoms with Crippen molar-refractivity contribution in [1.82, 2.24) is 0 Å². The summed E-state index contributed by atoms with van der Waals surface area (Å²) in [5, 5.41) is 10.8. The highest BCUT2D eigenvalue weighted by Gasteiger charge is 2.15. The van der Waals surface area contributed by atoms with Crippen molar-refractivity contribution in [3.8, 4) is 0 Å². The first-order valence-electron chi connectivity index (χ1n) is 4.83. The highest BCUT2D eigenvalue weighted by Crippen LogP contribution is 2.31. The molecule has 0 aliphatic carbocycles. The lowest BCUT2D eigenvalue weighted by atomic mass is 10.1. The maximum absolute atomic E-state index is 9.99. The Hall–Kier alpha value is -0.960. The Morgan fingerprint density at radius 2 is 2.00 bits per heavy atom. The molecule has 2 nitrogen and oxygen atoms in total. The lowest BCUT2D eigenvalue weighted by Crippen LogP contribution is -2.01. The number of benzene rings is 1. The molecule has 0 radical (unpaired) electrons. The van der Waals surface area contributed by atoms with E-state index in [9.17, 15) is 5.11 Å². The van der Waals surface area contributed by atoms with E-state index in [1.54, 1.807) is 30.5 Å². The van der Waals surface area contributed by atoms with Crippen LogP contribution in [0.15, 0.2) is 41.0 Å². The fraction of sp³-hybridized carbons (Fsp3) is 0.167. The van der Waals surface area contributed by atoms with Gasteiger partial charge in [0.25, 0.3) is 0 Å². The monoisotopic (exact) mass is 256 g/mol. The van der Waals surface area contributed by atoms with E-state index >= 15 is 0 Å². The van der Waals surface area contributed by atoms with Gasteiger partial charge < -0.3 is 9.52 Å². The molecule has 84 valence electrons. The van der Waals surface area contributed by atoms with Crippen LogP contribution in [0, 0.1) is 0 Å². The predicted molar refractivity (Wildman–Crippen MR) is 63.8 cm³/mol. The standard InChI is InChI=1S/C12H10Cl2O2/c13-10-5-1-4-9(12(10)14)11(15)7-8-3-2-6-16-8/h1-6,11,15H,7H2. The maximum Gasteiger partial charge on any atom is 0.106 e. The molecule has 2 rings (SSSR count). The number of hydrogen-bond acceptors (Lipinski definition) is 2. The van der Waals surface area contributed by atoms with Gasteiger partial charge in [-0.3, -0.25) is 0 Å². The van der Waals surface area contributed by atoms with Crippen LogP contribution in [-0.2, 0) is 6.42 Å². The Kier molecular flexibility index (Phi) is 3.54. The summed E-state index contributed by atoms with van der Waals surface area (Å²) in [7, 11) is 0. The van der Waals surface area contributed by atoms with Gasteiger partial charge in [-0.05, 0) is 18.2 Å². The van der Waals surface area contributed by atoms with Crippen LogP contribution in [-0.4, -0.2) is 5.11 Å². The van der Waals surface area contributed by atoms with Gasteiger partial charge in [0.1, 0.15) is 5.76 Å². The van der Waals surface area contributed by atoms with E-state index in [0.717, 1.165) is 0 Å². The quantitative estimate of drug-likeness (QED) is 0.905. The molecule has 16 heavy (non-hydrogen) atoms. The summed E-state index contributed by atoms with van der Waals surface area (Å²) in [4.78, 5) is 0. The summed E-state index contributed by atoms with van der Waals surface area (Å²) < 4.78 is 5.16. The van der Waals surface area contributed by atoms with Gasteiger partial charge in [-0.25, -0.2) is 0 Å². The zero-order chi connectivity index (χ0) is 11.5. The molecule has 0 amide bonds. The van der Waals surface area contributed by atoms with Crippen molar-refractivity contribution < 1.29 is 9.52 Å². The second-order valence-electron chi connectivity index (χ2n) is 3.44. The summed E-state index contributed by atoms with van der Waals surface area (Å²) in [5.41, 5.74) is 0.616. The zero-order valence-corrected chi connectivity index (χ0v) is 9.87. The predicted octanol–water partition coefficient (Wildman–Crippen LogP) is 3.86. The van der Waals surface area contributed by atoms with E-state index in [1.165, 1.54) is 0 Å². The molecule has 2 aromatic rings. The van der Waals surface area contributed by atoms with Crippen LogP contribution in [0.3, 0.4) is 0 Å². The minimum absolute atomic E-state index is 0.382. The number of halogens is 2. The maximum atomic E-state index is 9.99. The van der Waals surface area contributed by atoms with Crippen molar-refractivity contribution in [3.63, 3.8) is 0 Å². The number of furan rings is 1. The van der Waals surface area contributed by atoms with Gasteiger partial charge in [-0.1, -0.05) is 35.3 Å². The van der Waals surface area contributed by atoms with Gasteiger partial charge in [0.2, 0.25) is 0 Å². The van der Waals surface area contributed by atoms with E-state index in [1.807, 2.05) is 6.07 Å². The Labute approximate surface area is 103 Å². The second-order valence-corrected chi connectivity index (χ2v) is 4.23. The molecule has 0 saturated carbocycles. The molecular formula is C12H10Cl2O2. The molecule has 1 aromatic carbocycles. The van der Waals surface area contributed by atoms with Gasteiger partial charge in [-0.15, -0.1) is 0 Å². The van der Waals surface area contributed by atoms with Crippen LogP contribution in [0.2, 0.25) is 10.0 Å². The van der Waals surface area contributed by atoms with E-state index in [2.05, 4.69) is 0 Å². The lowest BCUT2D eigenvalue weighted by Gasteiger charge is -2.11. The van der Waals surface area contributed by atoms with Crippen molar-refractivity contribution in [2.45, 2.75) is 12.5 Å². The van der Waals surface area contributed by atoms with Gasteiger partial charge in [0, 0.05) is 12.0 Å². The lowest BCUT2D eigenvalue weighted by molar-refractivity contribution is 0.170. The third kappa shape index (κ3) is 2.40. The average Bonchev–Trinajstić information content (AvgIpc) is 2.74. The Bertz CT molecular complexity index is 466.